The molecule has 2 N–H and O–H groups in total. The maximum atomic E-state index is 5.61. The van der Waals surface area contributed by atoms with E-state index in [9.17, 15) is 0 Å². The van der Waals surface area contributed by atoms with Gasteiger partial charge >= 0.3 is 0 Å². The number of anilines is 1. The van der Waals surface area contributed by atoms with Crippen LogP contribution < -0.4 is 10.6 Å². The van der Waals surface area contributed by atoms with Crippen molar-refractivity contribution in [3.05, 3.63) is 29.3 Å². The highest BCUT2D eigenvalue weighted by molar-refractivity contribution is 5.62. The smallest absolute Gasteiger partial charge is 0.0405 e. The lowest BCUT2D eigenvalue weighted by molar-refractivity contribution is 0.742. The van der Waals surface area contributed by atoms with E-state index in [1.165, 1.54) is 16.8 Å². The van der Waals surface area contributed by atoms with Crippen molar-refractivity contribution in [1.82, 2.24) is 0 Å². The summed E-state index contributed by atoms with van der Waals surface area (Å²) in [6.45, 7) is 7.32. The standard InChI is InChI=1S/C12H18N2/c1-9-4-3-5-11-12(9)10(2)8-14(11)7-6-13/h3-5,10H,6-8,13H2,1-2H3. The van der Waals surface area contributed by atoms with Gasteiger partial charge in [-0.05, 0) is 24.1 Å². The number of fused-ring (bicyclic) bond motifs is 1. The predicted molar refractivity (Wildman–Crippen MR) is 60.9 cm³/mol. The van der Waals surface area contributed by atoms with Crippen LogP contribution in [0.15, 0.2) is 18.2 Å². The van der Waals surface area contributed by atoms with Gasteiger partial charge in [0, 0.05) is 31.2 Å². The van der Waals surface area contributed by atoms with Crippen molar-refractivity contribution in [2.45, 2.75) is 19.8 Å². The highest BCUT2D eigenvalue weighted by atomic mass is 15.2. The van der Waals surface area contributed by atoms with E-state index in [2.05, 4.69) is 36.9 Å². The van der Waals surface area contributed by atoms with Crippen LogP contribution in [0.25, 0.3) is 0 Å². The molecule has 0 amide bonds. The van der Waals surface area contributed by atoms with Crippen LogP contribution in [0, 0.1) is 6.92 Å². The first kappa shape index (κ1) is 9.53. The van der Waals surface area contributed by atoms with Gasteiger partial charge in [0.1, 0.15) is 0 Å². The third-order valence-corrected chi connectivity index (χ3v) is 3.03. The summed E-state index contributed by atoms with van der Waals surface area (Å²) in [6, 6.07) is 6.54. The van der Waals surface area contributed by atoms with E-state index in [0.717, 1.165) is 19.6 Å². The Bertz CT molecular complexity index is 333. The molecule has 0 aromatic heterocycles. The second-order valence-corrected chi connectivity index (χ2v) is 4.14. The Hall–Kier alpha value is -1.02. The zero-order chi connectivity index (χ0) is 10.1. The van der Waals surface area contributed by atoms with Crippen LogP contribution in [0.2, 0.25) is 0 Å². The molecule has 0 fully saturated rings. The predicted octanol–water partition coefficient (Wildman–Crippen LogP) is 1.88. The van der Waals surface area contributed by atoms with Crippen LogP contribution in [-0.2, 0) is 0 Å². The number of hydrogen-bond acceptors (Lipinski definition) is 2. The fourth-order valence-corrected chi connectivity index (χ4v) is 2.47. The second kappa shape index (κ2) is 3.62. The summed E-state index contributed by atoms with van der Waals surface area (Å²) in [7, 11) is 0. The molecular weight excluding hydrogens is 172 g/mol. The van der Waals surface area contributed by atoms with Crippen LogP contribution in [0.5, 0.6) is 0 Å². The first-order valence-electron chi connectivity index (χ1n) is 5.28. The van der Waals surface area contributed by atoms with Crippen molar-refractivity contribution in [2.75, 3.05) is 24.5 Å². The number of nitrogens with zero attached hydrogens (tertiary/aromatic N) is 1. The molecule has 1 aromatic carbocycles. The summed E-state index contributed by atoms with van der Waals surface area (Å²) in [6.07, 6.45) is 0. The lowest BCUT2D eigenvalue weighted by atomic mass is 9.98. The molecule has 2 heteroatoms. The molecule has 2 nitrogen and oxygen atoms in total. The van der Waals surface area contributed by atoms with E-state index in [-0.39, 0.29) is 0 Å². The molecule has 0 radical (unpaired) electrons. The molecule has 0 saturated carbocycles. The zero-order valence-corrected chi connectivity index (χ0v) is 8.96. The van der Waals surface area contributed by atoms with E-state index in [4.69, 9.17) is 5.73 Å². The van der Waals surface area contributed by atoms with Crippen molar-refractivity contribution in [1.29, 1.82) is 0 Å². The summed E-state index contributed by atoms with van der Waals surface area (Å²) in [5, 5.41) is 0. The SMILES string of the molecule is Cc1cccc2c1C(C)CN2CCN. The van der Waals surface area contributed by atoms with Crippen LogP contribution in [0.3, 0.4) is 0 Å². The van der Waals surface area contributed by atoms with Gasteiger partial charge in [-0.3, -0.25) is 0 Å². The van der Waals surface area contributed by atoms with Crippen LogP contribution in [0.4, 0.5) is 5.69 Å². The maximum Gasteiger partial charge on any atom is 0.0405 e. The summed E-state index contributed by atoms with van der Waals surface area (Å²) < 4.78 is 0. The zero-order valence-electron chi connectivity index (χ0n) is 8.96. The molecule has 0 saturated heterocycles. The van der Waals surface area contributed by atoms with Crippen LogP contribution >= 0.6 is 0 Å². The lowest BCUT2D eigenvalue weighted by Gasteiger charge is -2.18. The fraction of sp³-hybridized carbons (Fsp3) is 0.500. The Balaban J connectivity index is 2.39. The Kier molecular flexibility index (Phi) is 2.46. The van der Waals surface area contributed by atoms with Gasteiger partial charge in [-0.2, -0.15) is 0 Å². The van der Waals surface area contributed by atoms with E-state index < -0.39 is 0 Å². The highest BCUT2D eigenvalue weighted by Gasteiger charge is 2.25. The number of aryl methyl sites for hydroxylation is 1. The normalized spacial score (nSPS) is 19.9. The molecule has 14 heavy (non-hydrogen) atoms. The van der Waals surface area contributed by atoms with E-state index >= 15 is 0 Å². The molecule has 1 aliphatic rings. The summed E-state index contributed by atoms with van der Waals surface area (Å²) in [4.78, 5) is 2.40. The number of nitrogens with two attached hydrogens (primary N) is 1. The first-order valence-corrected chi connectivity index (χ1v) is 5.28. The number of rotatable bonds is 2. The van der Waals surface area contributed by atoms with Gasteiger partial charge in [-0.25, -0.2) is 0 Å². The summed E-state index contributed by atoms with van der Waals surface area (Å²) in [5.41, 5.74) is 9.93. The third kappa shape index (κ3) is 1.40. The van der Waals surface area contributed by atoms with Crippen LogP contribution in [-0.4, -0.2) is 19.6 Å². The largest absolute Gasteiger partial charge is 0.369 e. The number of benzene rings is 1. The van der Waals surface area contributed by atoms with Crippen molar-refractivity contribution in [3.8, 4) is 0 Å². The van der Waals surface area contributed by atoms with Gasteiger partial charge in [-0.1, -0.05) is 19.1 Å². The maximum absolute atomic E-state index is 5.61. The van der Waals surface area contributed by atoms with Gasteiger partial charge in [0.25, 0.3) is 0 Å². The molecule has 0 spiro atoms. The Morgan fingerprint density at radius 3 is 3.00 bits per heavy atom. The monoisotopic (exact) mass is 190 g/mol. The lowest BCUT2D eigenvalue weighted by Crippen LogP contribution is -2.27. The molecule has 1 atom stereocenters. The van der Waals surface area contributed by atoms with Crippen LogP contribution in [0.1, 0.15) is 24.0 Å². The van der Waals surface area contributed by atoms with E-state index in [1.807, 2.05) is 0 Å². The minimum absolute atomic E-state index is 0.651. The summed E-state index contributed by atoms with van der Waals surface area (Å²) >= 11 is 0. The average molecular weight is 190 g/mol. The highest BCUT2D eigenvalue weighted by Crippen LogP contribution is 2.37. The van der Waals surface area contributed by atoms with Gasteiger partial charge in [0.15, 0.2) is 0 Å². The molecule has 1 aromatic rings. The molecular formula is C12H18N2. The average Bonchev–Trinajstić information content (AvgIpc) is 2.46. The third-order valence-electron chi connectivity index (χ3n) is 3.03. The van der Waals surface area contributed by atoms with Crippen molar-refractivity contribution < 1.29 is 0 Å². The fourth-order valence-electron chi connectivity index (χ4n) is 2.47. The van der Waals surface area contributed by atoms with E-state index in [0.29, 0.717) is 5.92 Å². The second-order valence-electron chi connectivity index (χ2n) is 4.14. The summed E-state index contributed by atoms with van der Waals surface area (Å²) in [5.74, 6) is 0.651. The van der Waals surface area contributed by atoms with Crippen molar-refractivity contribution >= 4 is 5.69 Å². The number of hydrogen-bond donors (Lipinski definition) is 1. The van der Waals surface area contributed by atoms with Crippen molar-refractivity contribution in [2.24, 2.45) is 5.73 Å². The Morgan fingerprint density at radius 2 is 2.29 bits per heavy atom. The molecule has 76 valence electrons. The Morgan fingerprint density at radius 1 is 1.50 bits per heavy atom. The quantitative estimate of drug-likeness (QED) is 0.771. The molecule has 1 heterocycles. The van der Waals surface area contributed by atoms with Gasteiger partial charge in [0.05, 0.1) is 0 Å². The van der Waals surface area contributed by atoms with Gasteiger partial charge < -0.3 is 10.6 Å². The molecule has 1 aliphatic heterocycles. The molecule has 2 rings (SSSR count). The van der Waals surface area contributed by atoms with Gasteiger partial charge in [-0.15, -0.1) is 0 Å². The molecule has 0 aliphatic carbocycles. The first-order chi connectivity index (χ1) is 6.74. The Labute approximate surface area is 85.7 Å². The van der Waals surface area contributed by atoms with Crippen molar-refractivity contribution in [3.63, 3.8) is 0 Å². The molecule has 0 bridgehead atoms. The minimum atomic E-state index is 0.651. The van der Waals surface area contributed by atoms with E-state index in [1.54, 1.807) is 0 Å². The van der Waals surface area contributed by atoms with Gasteiger partial charge in [0.2, 0.25) is 0 Å². The minimum Gasteiger partial charge on any atom is -0.369 e. The molecule has 1 unspecified atom stereocenters. The topological polar surface area (TPSA) is 29.3 Å².